The van der Waals surface area contributed by atoms with Crippen molar-refractivity contribution in [2.45, 2.75) is 32.6 Å². The van der Waals surface area contributed by atoms with Crippen LogP contribution in [0, 0.1) is 17.3 Å². The van der Waals surface area contributed by atoms with E-state index in [1.165, 1.54) is 12.7 Å². The van der Waals surface area contributed by atoms with E-state index in [0.29, 0.717) is 36.0 Å². The summed E-state index contributed by atoms with van der Waals surface area (Å²) in [5.41, 5.74) is 1.59. The number of hydrogen-bond donors (Lipinski definition) is 0. The summed E-state index contributed by atoms with van der Waals surface area (Å²) in [6.07, 6.45) is 2.78. The average Bonchev–Trinajstić information content (AvgIpc) is 2.81. The Morgan fingerprint density at radius 2 is 2.24 bits per heavy atom. The molecule has 0 aromatic carbocycles. The van der Waals surface area contributed by atoms with Crippen molar-refractivity contribution in [3.05, 3.63) is 17.5 Å². The van der Waals surface area contributed by atoms with Crippen LogP contribution in [0.25, 0.3) is 0 Å². The Morgan fingerprint density at radius 3 is 2.81 bits per heavy atom. The van der Waals surface area contributed by atoms with Gasteiger partial charge in [0.1, 0.15) is 17.5 Å². The Labute approximate surface area is 124 Å². The molecule has 3 fully saturated rings. The van der Waals surface area contributed by atoms with Crippen LogP contribution in [-0.4, -0.2) is 42.3 Å². The lowest BCUT2D eigenvalue weighted by Crippen LogP contribution is -2.46. The topological polar surface area (TPSA) is 55.6 Å². The molecule has 1 amide bonds. The van der Waals surface area contributed by atoms with E-state index in [0.717, 1.165) is 18.8 Å². The number of nitrogens with zero attached hydrogens (tertiary/aromatic N) is 2. The maximum atomic E-state index is 12.8. The van der Waals surface area contributed by atoms with E-state index in [9.17, 15) is 4.79 Å². The van der Waals surface area contributed by atoms with E-state index >= 15 is 0 Å². The first-order valence-corrected chi connectivity index (χ1v) is 7.78. The Morgan fingerprint density at radius 1 is 1.48 bits per heavy atom. The van der Waals surface area contributed by atoms with Crippen LogP contribution in [0.15, 0.2) is 10.8 Å². The first-order chi connectivity index (χ1) is 9.96. The molecule has 2 atom stereocenters. The highest BCUT2D eigenvalue weighted by atomic mass is 16.5. The highest BCUT2D eigenvalue weighted by Crippen LogP contribution is 2.62. The van der Waals surface area contributed by atoms with Crippen LogP contribution < -0.4 is 0 Å². The summed E-state index contributed by atoms with van der Waals surface area (Å²) in [5.74, 6) is 1.40. The molecule has 0 bridgehead atoms. The zero-order chi connectivity index (χ0) is 14.8. The summed E-state index contributed by atoms with van der Waals surface area (Å²) in [6.45, 7) is 9.59. The van der Waals surface area contributed by atoms with Gasteiger partial charge in [-0.05, 0) is 30.6 Å². The van der Waals surface area contributed by atoms with Gasteiger partial charge in [-0.1, -0.05) is 19.0 Å². The van der Waals surface area contributed by atoms with Crippen LogP contribution >= 0.6 is 0 Å². The van der Waals surface area contributed by atoms with E-state index in [1.54, 1.807) is 0 Å². The molecule has 3 heterocycles. The zero-order valence-corrected chi connectivity index (χ0v) is 12.9. The Bertz CT molecular complexity index is 590. The Balaban J connectivity index is 1.56. The fraction of sp³-hybridized carbons (Fsp3) is 0.750. The molecule has 0 radical (unpaired) electrons. The predicted molar refractivity (Wildman–Crippen MR) is 76.0 cm³/mol. The van der Waals surface area contributed by atoms with Gasteiger partial charge in [-0.2, -0.15) is 0 Å². The van der Waals surface area contributed by atoms with Crippen molar-refractivity contribution in [1.29, 1.82) is 0 Å². The number of rotatable bonds is 3. The van der Waals surface area contributed by atoms with Gasteiger partial charge < -0.3 is 14.2 Å². The molecule has 3 aliphatic rings. The SMILES string of the molecule is CC(C)[C@]12C[C@H]1CN(C(=O)c1conc1C1(C)COC1)C2. The molecular formula is C16H22N2O3. The maximum absolute atomic E-state index is 12.8. The van der Waals surface area contributed by atoms with E-state index in [2.05, 4.69) is 25.9 Å². The smallest absolute Gasteiger partial charge is 0.259 e. The Hall–Kier alpha value is -1.36. The number of ether oxygens (including phenoxy) is 1. The second-order valence-electron chi connectivity index (χ2n) is 7.60. The van der Waals surface area contributed by atoms with E-state index in [4.69, 9.17) is 9.26 Å². The minimum absolute atomic E-state index is 0.0756. The lowest BCUT2D eigenvalue weighted by atomic mass is 9.82. The number of carbonyl (C=O) groups is 1. The second kappa shape index (κ2) is 4.09. The molecule has 0 spiro atoms. The van der Waals surface area contributed by atoms with Gasteiger partial charge in [-0.3, -0.25) is 4.79 Å². The van der Waals surface area contributed by atoms with Crippen LogP contribution in [0.2, 0.25) is 0 Å². The van der Waals surface area contributed by atoms with E-state index < -0.39 is 0 Å². The molecule has 21 heavy (non-hydrogen) atoms. The summed E-state index contributed by atoms with van der Waals surface area (Å²) in [7, 11) is 0. The van der Waals surface area contributed by atoms with Crippen LogP contribution in [-0.2, 0) is 10.2 Å². The summed E-state index contributed by atoms with van der Waals surface area (Å²) in [6, 6.07) is 0. The molecule has 2 saturated heterocycles. The molecular weight excluding hydrogens is 268 g/mol. The summed E-state index contributed by atoms with van der Waals surface area (Å²) in [5, 5.41) is 4.08. The molecule has 1 aliphatic carbocycles. The molecule has 1 aromatic heterocycles. The van der Waals surface area contributed by atoms with Crippen molar-refractivity contribution in [1.82, 2.24) is 10.1 Å². The van der Waals surface area contributed by atoms with Crippen molar-refractivity contribution in [3.8, 4) is 0 Å². The number of carbonyl (C=O) groups excluding carboxylic acids is 1. The van der Waals surface area contributed by atoms with Crippen molar-refractivity contribution in [2.75, 3.05) is 26.3 Å². The molecule has 1 aromatic rings. The van der Waals surface area contributed by atoms with Crippen LogP contribution in [0.3, 0.4) is 0 Å². The largest absolute Gasteiger partial charge is 0.379 e. The third kappa shape index (κ3) is 1.73. The van der Waals surface area contributed by atoms with Gasteiger partial charge in [0, 0.05) is 13.1 Å². The molecule has 114 valence electrons. The van der Waals surface area contributed by atoms with Crippen LogP contribution in [0.1, 0.15) is 43.2 Å². The molecule has 5 nitrogen and oxygen atoms in total. The predicted octanol–water partition coefficient (Wildman–Crippen LogP) is 2.08. The van der Waals surface area contributed by atoms with Gasteiger partial charge in [0.15, 0.2) is 0 Å². The maximum Gasteiger partial charge on any atom is 0.259 e. The molecule has 1 saturated carbocycles. The highest BCUT2D eigenvalue weighted by molar-refractivity contribution is 5.95. The third-order valence-corrected chi connectivity index (χ3v) is 5.86. The second-order valence-corrected chi connectivity index (χ2v) is 7.60. The fourth-order valence-corrected chi connectivity index (χ4v) is 4.11. The number of hydrogen-bond acceptors (Lipinski definition) is 4. The number of aromatic nitrogens is 1. The van der Waals surface area contributed by atoms with Gasteiger partial charge in [0.25, 0.3) is 5.91 Å². The number of piperidine rings is 1. The standard InChI is InChI=1S/C16H22N2O3/c1-10(2)16-4-11(16)5-18(7-16)14(19)12-6-21-17-13(12)15(3)8-20-9-15/h6,10-11H,4-5,7-9H2,1-3H3/t11-,16+/m0/s1. The van der Waals surface area contributed by atoms with Gasteiger partial charge in [-0.25, -0.2) is 0 Å². The van der Waals surface area contributed by atoms with Crippen molar-refractivity contribution >= 4 is 5.91 Å². The molecule has 2 aliphatic heterocycles. The van der Waals surface area contributed by atoms with Crippen molar-refractivity contribution in [2.24, 2.45) is 17.3 Å². The van der Waals surface area contributed by atoms with Crippen LogP contribution in [0.4, 0.5) is 0 Å². The molecule has 4 rings (SSSR count). The summed E-state index contributed by atoms with van der Waals surface area (Å²) >= 11 is 0. The summed E-state index contributed by atoms with van der Waals surface area (Å²) < 4.78 is 10.4. The average molecular weight is 290 g/mol. The van der Waals surface area contributed by atoms with Gasteiger partial charge in [-0.15, -0.1) is 0 Å². The zero-order valence-electron chi connectivity index (χ0n) is 12.9. The first-order valence-electron chi connectivity index (χ1n) is 7.78. The Kier molecular flexibility index (Phi) is 2.60. The van der Waals surface area contributed by atoms with Gasteiger partial charge >= 0.3 is 0 Å². The number of likely N-dealkylation sites (tertiary alicyclic amines) is 1. The minimum atomic E-state index is -0.170. The minimum Gasteiger partial charge on any atom is -0.379 e. The highest BCUT2D eigenvalue weighted by Gasteiger charge is 2.62. The van der Waals surface area contributed by atoms with E-state index in [-0.39, 0.29) is 11.3 Å². The third-order valence-electron chi connectivity index (χ3n) is 5.86. The van der Waals surface area contributed by atoms with Crippen LogP contribution in [0.5, 0.6) is 0 Å². The van der Waals surface area contributed by atoms with Gasteiger partial charge in [0.2, 0.25) is 0 Å². The molecule has 0 N–H and O–H groups in total. The quantitative estimate of drug-likeness (QED) is 0.855. The van der Waals surface area contributed by atoms with Crippen molar-refractivity contribution in [3.63, 3.8) is 0 Å². The lowest BCUT2D eigenvalue weighted by molar-refractivity contribution is -0.0535. The van der Waals surface area contributed by atoms with E-state index in [1.807, 2.05) is 4.90 Å². The first kappa shape index (κ1) is 13.3. The molecule has 5 heteroatoms. The normalized spacial score (nSPS) is 33.0. The molecule has 0 unspecified atom stereocenters. The monoisotopic (exact) mass is 290 g/mol. The lowest BCUT2D eigenvalue weighted by Gasteiger charge is -2.36. The number of amides is 1. The number of fused-ring (bicyclic) bond motifs is 1. The summed E-state index contributed by atoms with van der Waals surface area (Å²) in [4.78, 5) is 14.8. The van der Waals surface area contributed by atoms with Gasteiger partial charge in [0.05, 0.1) is 18.6 Å². The van der Waals surface area contributed by atoms with Crippen molar-refractivity contribution < 1.29 is 14.1 Å². The fourth-order valence-electron chi connectivity index (χ4n) is 4.11.